The van der Waals surface area contributed by atoms with E-state index < -0.39 is 6.04 Å². The summed E-state index contributed by atoms with van der Waals surface area (Å²) in [6.07, 6.45) is 0.781. The largest absolute Gasteiger partial charge is 0.369 e. The second-order valence-electron chi connectivity index (χ2n) is 6.78. The van der Waals surface area contributed by atoms with Crippen molar-refractivity contribution in [1.82, 2.24) is 4.90 Å². The Hall–Kier alpha value is -1.30. The zero-order valence-corrected chi connectivity index (χ0v) is 17.3. The van der Waals surface area contributed by atoms with Gasteiger partial charge >= 0.3 is 0 Å². The predicted molar refractivity (Wildman–Crippen MR) is 113 cm³/mol. The SMILES string of the molecule is Cc1ccc(Cl)cc1N1CCN(C(c2ccc(Cl)cc2Cl)C(N)C=O)CC1. The number of hydrogen-bond donors (Lipinski definition) is 1. The molecular formula is C20H22Cl3N3O. The normalized spacial score (nSPS) is 17.6. The molecule has 2 N–H and O–H groups in total. The summed E-state index contributed by atoms with van der Waals surface area (Å²) < 4.78 is 0. The fourth-order valence-electron chi connectivity index (χ4n) is 3.63. The van der Waals surface area contributed by atoms with E-state index in [0.717, 1.165) is 48.7 Å². The summed E-state index contributed by atoms with van der Waals surface area (Å²) in [5.41, 5.74) is 9.30. The number of rotatable bonds is 5. The second kappa shape index (κ2) is 8.80. The fraction of sp³-hybridized carbons (Fsp3) is 0.350. The molecule has 0 aliphatic carbocycles. The van der Waals surface area contributed by atoms with E-state index in [1.54, 1.807) is 12.1 Å². The summed E-state index contributed by atoms with van der Waals surface area (Å²) in [5, 5.41) is 1.81. The molecule has 3 rings (SSSR count). The van der Waals surface area contributed by atoms with Crippen molar-refractivity contribution in [2.75, 3.05) is 31.1 Å². The minimum absolute atomic E-state index is 0.283. The first kappa shape index (κ1) is 20.4. The lowest BCUT2D eigenvalue weighted by Crippen LogP contribution is -2.52. The number of benzene rings is 2. The van der Waals surface area contributed by atoms with Gasteiger partial charge in [-0.05, 0) is 42.3 Å². The van der Waals surface area contributed by atoms with Crippen LogP contribution in [0.25, 0.3) is 0 Å². The average molecular weight is 427 g/mol. The topological polar surface area (TPSA) is 49.6 Å². The molecule has 4 nitrogen and oxygen atoms in total. The van der Waals surface area contributed by atoms with Crippen molar-refractivity contribution in [2.45, 2.75) is 19.0 Å². The van der Waals surface area contributed by atoms with Crippen molar-refractivity contribution in [1.29, 1.82) is 0 Å². The molecule has 0 spiro atoms. The van der Waals surface area contributed by atoms with Crippen LogP contribution in [0.15, 0.2) is 36.4 Å². The molecule has 144 valence electrons. The standard InChI is InChI=1S/C20H22Cl3N3O/c1-13-2-3-15(22)11-19(13)25-6-8-26(9-7-25)20(18(24)12-27)16-5-4-14(21)10-17(16)23/h2-5,10-12,18,20H,6-9,24H2,1H3. The number of carbonyl (C=O) groups is 1. The van der Waals surface area contributed by atoms with Crippen molar-refractivity contribution in [2.24, 2.45) is 5.73 Å². The Kier molecular flexibility index (Phi) is 6.66. The zero-order valence-electron chi connectivity index (χ0n) is 15.0. The first-order chi connectivity index (χ1) is 12.9. The maximum Gasteiger partial charge on any atom is 0.138 e. The Bertz CT molecular complexity index is 822. The van der Waals surface area contributed by atoms with Crippen molar-refractivity contribution >= 4 is 46.8 Å². The summed E-state index contributed by atoms with van der Waals surface area (Å²) in [7, 11) is 0. The molecule has 1 aliphatic heterocycles. The van der Waals surface area contributed by atoms with E-state index in [9.17, 15) is 4.79 Å². The van der Waals surface area contributed by atoms with Gasteiger partial charge in [0, 0.05) is 46.9 Å². The highest BCUT2D eigenvalue weighted by atomic mass is 35.5. The van der Waals surface area contributed by atoms with Crippen LogP contribution in [0.1, 0.15) is 17.2 Å². The van der Waals surface area contributed by atoms with Crippen LogP contribution >= 0.6 is 34.8 Å². The Labute approximate surface area is 174 Å². The average Bonchev–Trinajstić information content (AvgIpc) is 2.66. The summed E-state index contributed by atoms with van der Waals surface area (Å²) in [4.78, 5) is 16.0. The monoisotopic (exact) mass is 425 g/mol. The molecular weight excluding hydrogens is 405 g/mol. The molecule has 0 radical (unpaired) electrons. The molecule has 0 bridgehead atoms. The van der Waals surface area contributed by atoms with Gasteiger partial charge in [0.25, 0.3) is 0 Å². The van der Waals surface area contributed by atoms with Gasteiger partial charge in [0.2, 0.25) is 0 Å². The minimum atomic E-state index is -0.664. The van der Waals surface area contributed by atoms with E-state index in [1.165, 1.54) is 5.56 Å². The van der Waals surface area contributed by atoms with E-state index in [1.807, 2.05) is 24.3 Å². The summed E-state index contributed by atoms with van der Waals surface area (Å²) >= 11 is 18.6. The number of piperazine rings is 1. The molecule has 1 fully saturated rings. The quantitative estimate of drug-likeness (QED) is 0.722. The Morgan fingerprint density at radius 3 is 2.26 bits per heavy atom. The first-order valence-corrected chi connectivity index (χ1v) is 9.95. The first-order valence-electron chi connectivity index (χ1n) is 8.81. The third kappa shape index (κ3) is 4.58. The minimum Gasteiger partial charge on any atom is -0.369 e. The molecule has 2 aromatic rings. The van der Waals surface area contributed by atoms with Crippen molar-refractivity contribution < 1.29 is 4.79 Å². The molecule has 0 amide bonds. The Morgan fingerprint density at radius 2 is 1.63 bits per heavy atom. The van der Waals surface area contributed by atoms with Gasteiger partial charge in [-0.15, -0.1) is 0 Å². The number of aldehydes is 1. The molecule has 1 aliphatic rings. The molecule has 0 saturated carbocycles. The Morgan fingerprint density at radius 1 is 1.00 bits per heavy atom. The number of aryl methyl sites for hydroxylation is 1. The molecule has 2 atom stereocenters. The predicted octanol–water partition coefficient (Wildman–Crippen LogP) is 4.34. The lowest BCUT2D eigenvalue weighted by atomic mass is 9.97. The smallest absolute Gasteiger partial charge is 0.138 e. The highest BCUT2D eigenvalue weighted by molar-refractivity contribution is 6.35. The van der Waals surface area contributed by atoms with Crippen LogP contribution in [0, 0.1) is 6.92 Å². The maximum atomic E-state index is 11.5. The van der Waals surface area contributed by atoms with Crippen LogP contribution in [0.3, 0.4) is 0 Å². The molecule has 2 aromatic carbocycles. The van der Waals surface area contributed by atoms with Crippen LogP contribution in [-0.2, 0) is 4.79 Å². The van der Waals surface area contributed by atoms with Gasteiger partial charge in [0.05, 0.1) is 12.1 Å². The highest BCUT2D eigenvalue weighted by Gasteiger charge is 2.31. The third-order valence-electron chi connectivity index (χ3n) is 5.02. The van der Waals surface area contributed by atoms with Crippen LogP contribution in [0.4, 0.5) is 5.69 Å². The molecule has 0 aromatic heterocycles. The third-order valence-corrected chi connectivity index (χ3v) is 5.82. The van der Waals surface area contributed by atoms with Gasteiger partial charge in [-0.3, -0.25) is 4.90 Å². The van der Waals surface area contributed by atoms with E-state index in [-0.39, 0.29) is 6.04 Å². The summed E-state index contributed by atoms with van der Waals surface area (Å²) in [5.74, 6) is 0. The van der Waals surface area contributed by atoms with Gasteiger partial charge in [0.15, 0.2) is 0 Å². The van der Waals surface area contributed by atoms with Crippen molar-refractivity contribution in [3.05, 3.63) is 62.6 Å². The van der Waals surface area contributed by atoms with Gasteiger partial charge < -0.3 is 15.4 Å². The highest BCUT2D eigenvalue weighted by Crippen LogP contribution is 2.33. The lowest BCUT2D eigenvalue weighted by Gasteiger charge is -2.42. The maximum absolute atomic E-state index is 11.5. The van der Waals surface area contributed by atoms with Gasteiger partial charge in [-0.2, -0.15) is 0 Å². The van der Waals surface area contributed by atoms with Crippen LogP contribution in [0.5, 0.6) is 0 Å². The van der Waals surface area contributed by atoms with Crippen LogP contribution in [0.2, 0.25) is 15.1 Å². The van der Waals surface area contributed by atoms with Gasteiger partial charge in [0.1, 0.15) is 6.29 Å². The molecule has 27 heavy (non-hydrogen) atoms. The number of halogens is 3. The number of carbonyl (C=O) groups excluding carboxylic acids is 1. The number of hydrogen-bond acceptors (Lipinski definition) is 4. The van der Waals surface area contributed by atoms with Crippen molar-refractivity contribution in [3.8, 4) is 0 Å². The lowest BCUT2D eigenvalue weighted by molar-refractivity contribution is -0.110. The van der Waals surface area contributed by atoms with Crippen LogP contribution in [-0.4, -0.2) is 43.4 Å². The van der Waals surface area contributed by atoms with E-state index >= 15 is 0 Å². The van der Waals surface area contributed by atoms with Gasteiger partial charge in [-0.25, -0.2) is 0 Å². The number of nitrogens with two attached hydrogens (primary N) is 1. The van der Waals surface area contributed by atoms with Gasteiger partial charge in [-0.1, -0.05) is 46.9 Å². The summed E-state index contributed by atoms with van der Waals surface area (Å²) in [6, 6.07) is 10.3. The molecule has 2 unspecified atom stereocenters. The van der Waals surface area contributed by atoms with E-state index in [4.69, 9.17) is 40.5 Å². The summed E-state index contributed by atoms with van der Waals surface area (Å²) in [6.45, 7) is 5.23. The molecule has 1 heterocycles. The number of nitrogens with zero attached hydrogens (tertiary/aromatic N) is 2. The van der Waals surface area contributed by atoms with Crippen molar-refractivity contribution in [3.63, 3.8) is 0 Å². The molecule has 1 saturated heterocycles. The molecule has 7 heteroatoms. The zero-order chi connectivity index (χ0) is 19.6. The van der Waals surface area contributed by atoms with Crippen LogP contribution < -0.4 is 10.6 Å². The second-order valence-corrected chi connectivity index (χ2v) is 8.06. The van der Waals surface area contributed by atoms with E-state index in [2.05, 4.69) is 16.7 Å². The van der Waals surface area contributed by atoms with E-state index in [0.29, 0.717) is 10.0 Å². The number of anilines is 1. The fourth-order valence-corrected chi connectivity index (χ4v) is 4.31. The Balaban J connectivity index is 1.80.